The number of thiophene rings is 1. The van der Waals surface area contributed by atoms with E-state index in [1.54, 1.807) is 22.7 Å². The zero-order valence-corrected chi connectivity index (χ0v) is 15.4. The zero-order valence-electron chi connectivity index (χ0n) is 13.7. The predicted octanol–water partition coefficient (Wildman–Crippen LogP) is 3.42. The molecule has 3 rings (SSSR count). The van der Waals surface area contributed by atoms with Crippen LogP contribution in [0.5, 0.6) is 0 Å². The van der Waals surface area contributed by atoms with Crippen molar-refractivity contribution in [2.24, 2.45) is 0 Å². The van der Waals surface area contributed by atoms with Gasteiger partial charge in [-0.15, -0.1) is 22.7 Å². The Labute approximate surface area is 145 Å². The van der Waals surface area contributed by atoms with Crippen LogP contribution in [-0.2, 0) is 13.0 Å². The van der Waals surface area contributed by atoms with Gasteiger partial charge in [-0.25, -0.2) is 4.98 Å². The molecule has 0 bridgehead atoms. The van der Waals surface area contributed by atoms with Gasteiger partial charge in [0.05, 0.1) is 15.6 Å². The van der Waals surface area contributed by atoms with Crippen molar-refractivity contribution in [1.82, 2.24) is 14.8 Å². The molecule has 3 heterocycles. The van der Waals surface area contributed by atoms with Gasteiger partial charge >= 0.3 is 0 Å². The molecule has 1 fully saturated rings. The normalized spacial score (nSPS) is 16.5. The van der Waals surface area contributed by atoms with Gasteiger partial charge in [-0.1, -0.05) is 6.92 Å². The quantitative estimate of drug-likeness (QED) is 0.848. The number of rotatable bonds is 4. The van der Waals surface area contributed by atoms with Gasteiger partial charge in [0.15, 0.2) is 0 Å². The summed E-state index contributed by atoms with van der Waals surface area (Å²) in [6.07, 6.45) is 2.04. The number of carbonyl (C=O) groups is 1. The number of aromatic nitrogens is 1. The van der Waals surface area contributed by atoms with Crippen LogP contribution in [0, 0.1) is 6.92 Å². The second-order valence-electron chi connectivity index (χ2n) is 5.94. The van der Waals surface area contributed by atoms with Crippen molar-refractivity contribution in [2.75, 3.05) is 26.2 Å². The fourth-order valence-electron chi connectivity index (χ4n) is 2.88. The Morgan fingerprint density at radius 1 is 1.26 bits per heavy atom. The van der Waals surface area contributed by atoms with Gasteiger partial charge < -0.3 is 4.90 Å². The van der Waals surface area contributed by atoms with Gasteiger partial charge in [0.25, 0.3) is 5.91 Å². The largest absolute Gasteiger partial charge is 0.337 e. The molecule has 2 aromatic rings. The molecular weight excluding hydrogens is 326 g/mol. The molecule has 2 aromatic heterocycles. The molecule has 6 heteroatoms. The van der Waals surface area contributed by atoms with E-state index in [1.807, 2.05) is 23.3 Å². The highest BCUT2D eigenvalue weighted by molar-refractivity contribution is 7.12. The molecular formula is C17H23N3OS2. The number of hydrogen-bond acceptors (Lipinski definition) is 5. The first-order valence-corrected chi connectivity index (χ1v) is 9.92. The first-order chi connectivity index (χ1) is 11.2. The van der Waals surface area contributed by atoms with Gasteiger partial charge in [-0.2, -0.15) is 0 Å². The molecule has 0 aliphatic carbocycles. The van der Waals surface area contributed by atoms with E-state index in [0.717, 1.165) is 56.0 Å². The Morgan fingerprint density at radius 3 is 2.83 bits per heavy atom. The van der Waals surface area contributed by atoms with Crippen molar-refractivity contribution in [2.45, 2.75) is 33.2 Å². The lowest BCUT2D eigenvalue weighted by atomic mass is 10.2. The summed E-state index contributed by atoms with van der Waals surface area (Å²) in [5.74, 6) is 0.196. The fourth-order valence-corrected chi connectivity index (χ4v) is 4.51. The standard InChI is InChI=1S/C17H23N3OS2/c1-3-15-18-14(12-23-15)11-19-6-4-7-20(9-8-19)17(21)16-13(2)5-10-22-16/h5,10,12H,3-4,6-9,11H2,1-2H3. The van der Waals surface area contributed by atoms with Gasteiger partial charge in [0, 0.05) is 38.1 Å². The van der Waals surface area contributed by atoms with E-state index in [4.69, 9.17) is 0 Å². The van der Waals surface area contributed by atoms with Crippen molar-refractivity contribution < 1.29 is 4.79 Å². The number of hydrogen-bond donors (Lipinski definition) is 0. The second-order valence-corrected chi connectivity index (χ2v) is 7.80. The summed E-state index contributed by atoms with van der Waals surface area (Å²) in [6.45, 7) is 8.68. The third-order valence-electron chi connectivity index (χ3n) is 4.22. The number of nitrogens with zero attached hydrogens (tertiary/aromatic N) is 3. The summed E-state index contributed by atoms with van der Waals surface area (Å²) in [7, 11) is 0. The summed E-state index contributed by atoms with van der Waals surface area (Å²) in [5.41, 5.74) is 2.26. The molecule has 0 radical (unpaired) electrons. The second kappa shape index (κ2) is 7.55. The summed E-state index contributed by atoms with van der Waals surface area (Å²) in [6, 6.07) is 2.02. The van der Waals surface area contributed by atoms with Gasteiger partial charge in [0.1, 0.15) is 0 Å². The first kappa shape index (κ1) is 16.6. The zero-order chi connectivity index (χ0) is 16.2. The molecule has 0 spiro atoms. The third-order valence-corrected chi connectivity index (χ3v) is 6.27. The van der Waals surface area contributed by atoms with Crippen LogP contribution in [0.4, 0.5) is 0 Å². The fraction of sp³-hybridized carbons (Fsp3) is 0.529. The highest BCUT2D eigenvalue weighted by Gasteiger charge is 2.22. The highest BCUT2D eigenvalue weighted by atomic mass is 32.1. The lowest BCUT2D eigenvalue weighted by Gasteiger charge is -2.21. The Bertz CT molecular complexity index is 664. The Kier molecular flexibility index (Phi) is 5.46. The molecule has 0 unspecified atom stereocenters. The minimum atomic E-state index is 0.196. The van der Waals surface area contributed by atoms with E-state index in [1.165, 1.54) is 10.7 Å². The van der Waals surface area contributed by atoms with Crippen LogP contribution in [0.1, 0.15) is 39.3 Å². The van der Waals surface area contributed by atoms with Crippen LogP contribution in [-0.4, -0.2) is 46.9 Å². The Hall–Kier alpha value is -1.24. The lowest BCUT2D eigenvalue weighted by molar-refractivity contribution is 0.0765. The van der Waals surface area contributed by atoms with Gasteiger partial charge in [0.2, 0.25) is 0 Å². The summed E-state index contributed by atoms with van der Waals surface area (Å²) >= 11 is 3.30. The molecule has 124 valence electrons. The first-order valence-electron chi connectivity index (χ1n) is 8.16. The van der Waals surface area contributed by atoms with Crippen LogP contribution >= 0.6 is 22.7 Å². The molecule has 1 saturated heterocycles. The van der Waals surface area contributed by atoms with E-state index in [9.17, 15) is 4.79 Å². The topological polar surface area (TPSA) is 36.4 Å². The number of carbonyl (C=O) groups excluding carboxylic acids is 1. The Morgan fingerprint density at radius 2 is 2.13 bits per heavy atom. The van der Waals surface area contributed by atoms with Gasteiger partial charge in [-0.3, -0.25) is 9.69 Å². The SMILES string of the molecule is CCc1nc(CN2CCCN(C(=O)c3sccc3C)CC2)cs1. The molecule has 1 aliphatic heterocycles. The number of amides is 1. The van der Waals surface area contributed by atoms with E-state index in [-0.39, 0.29) is 5.91 Å². The Balaban J connectivity index is 1.58. The van der Waals surface area contributed by atoms with Crippen molar-refractivity contribution in [3.8, 4) is 0 Å². The summed E-state index contributed by atoms with van der Waals surface area (Å²) < 4.78 is 0. The maximum absolute atomic E-state index is 12.6. The van der Waals surface area contributed by atoms with Crippen molar-refractivity contribution in [3.63, 3.8) is 0 Å². The van der Waals surface area contributed by atoms with E-state index in [2.05, 4.69) is 22.2 Å². The molecule has 1 aliphatic rings. The van der Waals surface area contributed by atoms with Crippen LogP contribution in [0.3, 0.4) is 0 Å². The average Bonchev–Trinajstić information content (AvgIpc) is 3.11. The minimum absolute atomic E-state index is 0.196. The van der Waals surface area contributed by atoms with Crippen LogP contribution in [0.15, 0.2) is 16.8 Å². The average molecular weight is 350 g/mol. The summed E-state index contributed by atoms with van der Waals surface area (Å²) in [5, 5.41) is 5.38. The van der Waals surface area contributed by atoms with E-state index in [0.29, 0.717) is 0 Å². The third kappa shape index (κ3) is 4.00. The monoisotopic (exact) mass is 349 g/mol. The molecule has 23 heavy (non-hydrogen) atoms. The highest BCUT2D eigenvalue weighted by Crippen LogP contribution is 2.19. The van der Waals surface area contributed by atoms with E-state index >= 15 is 0 Å². The van der Waals surface area contributed by atoms with Crippen LogP contribution in [0.2, 0.25) is 0 Å². The smallest absolute Gasteiger partial charge is 0.264 e. The maximum Gasteiger partial charge on any atom is 0.264 e. The number of thiazole rings is 1. The number of aryl methyl sites for hydroxylation is 2. The lowest BCUT2D eigenvalue weighted by Crippen LogP contribution is -2.35. The molecule has 0 N–H and O–H groups in total. The van der Waals surface area contributed by atoms with Crippen LogP contribution in [0.25, 0.3) is 0 Å². The van der Waals surface area contributed by atoms with Crippen LogP contribution < -0.4 is 0 Å². The predicted molar refractivity (Wildman–Crippen MR) is 96.3 cm³/mol. The van der Waals surface area contributed by atoms with Crippen molar-refractivity contribution in [1.29, 1.82) is 0 Å². The molecule has 0 atom stereocenters. The molecule has 4 nitrogen and oxygen atoms in total. The van der Waals surface area contributed by atoms with Crippen molar-refractivity contribution >= 4 is 28.6 Å². The van der Waals surface area contributed by atoms with Crippen molar-refractivity contribution in [3.05, 3.63) is 38.0 Å². The summed E-state index contributed by atoms with van der Waals surface area (Å²) in [4.78, 5) is 22.6. The minimum Gasteiger partial charge on any atom is -0.337 e. The van der Waals surface area contributed by atoms with Gasteiger partial charge in [-0.05, 0) is 36.8 Å². The maximum atomic E-state index is 12.6. The van der Waals surface area contributed by atoms with E-state index < -0.39 is 0 Å². The molecule has 0 saturated carbocycles. The molecule has 0 aromatic carbocycles. The molecule has 1 amide bonds.